The highest BCUT2D eigenvalue weighted by atomic mass is 79.9. The number of nitrogens with zero attached hydrogens (tertiary/aromatic N) is 2. The number of halogens is 1. The van der Waals surface area contributed by atoms with Gasteiger partial charge in [0.1, 0.15) is 5.54 Å². The van der Waals surface area contributed by atoms with Crippen LogP contribution in [0.2, 0.25) is 0 Å². The summed E-state index contributed by atoms with van der Waals surface area (Å²) in [5, 5.41) is 0. The van der Waals surface area contributed by atoms with E-state index in [-0.39, 0.29) is 5.78 Å². The lowest BCUT2D eigenvalue weighted by atomic mass is 9.64. The van der Waals surface area contributed by atoms with Gasteiger partial charge in [0.2, 0.25) is 0 Å². The van der Waals surface area contributed by atoms with Gasteiger partial charge >= 0.3 is 0 Å². The molecular weight excluding hydrogens is 318 g/mol. The molecule has 4 heterocycles. The highest BCUT2D eigenvalue weighted by molar-refractivity contribution is 9.10. The van der Waals surface area contributed by atoms with Crippen LogP contribution in [0.15, 0.2) is 28.7 Å². The van der Waals surface area contributed by atoms with Crippen molar-refractivity contribution >= 4 is 21.7 Å². The zero-order valence-corrected chi connectivity index (χ0v) is 12.9. The predicted molar refractivity (Wildman–Crippen MR) is 80.6 cm³/mol. The number of Topliss-reactive ketones (excluding diaryl/α,β-unsaturated/α-hetero) is 1. The first-order valence-electron chi connectivity index (χ1n) is 7.07. The van der Waals surface area contributed by atoms with Gasteiger partial charge in [0.15, 0.2) is 5.78 Å². The zero-order valence-electron chi connectivity index (χ0n) is 11.3. The Morgan fingerprint density at radius 1 is 1.05 bits per heavy atom. The molecule has 4 nitrogen and oxygen atoms in total. The summed E-state index contributed by atoms with van der Waals surface area (Å²) < 4.78 is 1.02. The number of piperidine rings is 2. The second-order valence-electron chi connectivity index (χ2n) is 6.47. The van der Waals surface area contributed by atoms with E-state index >= 15 is 0 Å². The summed E-state index contributed by atoms with van der Waals surface area (Å²) in [6.45, 7) is 5.02. The minimum absolute atomic E-state index is 0.228. The molecule has 106 valence electrons. The van der Waals surface area contributed by atoms with Gasteiger partial charge in [-0.25, -0.2) is 0 Å². The van der Waals surface area contributed by atoms with Crippen molar-refractivity contribution < 1.29 is 4.79 Å². The van der Waals surface area contributed by atoms with Gasteiger partial charge in [-0.2, -0.15) is 0 Å². The quantitative estimate of drug-likeness (QED) is 0.816. The summed E-state index contributed by atoms with van der Waals surface area (Å²) in [4.78, 5) is 17.9. The second kappa shape index (κ2) is 4.13. The van der Waals surface area contributed by atoms with E-state index in [9.17, 15) is 4.79 Å². The maximum absolute atomic E-state index is 13.1. The molecular formula is C15H18BrN3O. The summed E-state index contributed by atoms with van der Waals surface area (Å²) in [5.74, 6) is 0.228. The summed E-state index contributed by atoms with van der Waals surface area (Å²) in [6.07, 6.45) is 0. The van der Waals surface area contributed by atoms with Gasteiger partial charge in [-0.05, 0) is 11.6 Å². The molecule has 4 aliphatic rings. The topological polar surface area (TPSA) is 49.6 Å². The molecule has 4 aliphatic heterocycles. The van der Waals surface area contributed by atoms with Crippen molar-refractivity contribution in [2.24, 2.45) is 5.73 Å². The Hall–Kier alpha value is -0.750. The highest BCUT2D eigenvalue weighted by Crippen LogP contribution is 2.43. The van der Waals surface area contributed by atoms with E-state index in [0.717, 1.165) is 36.2 Å². The third kappa shape index (κ3) is 1.61. The van der Waals surface area contributed by atoms with Gasteiger partial charge in [-0.1, -0.05) is 34.1 Å². The molecule has 0 amide bonds. The molecule has 0 aromatic heterocycles. The summed E-state index contributed by atoms with van der Waals surface area (Å²) in [6, 6.07) is 8.09. The first-order valence-corrected chi connectivity index (χ1v) is 7.86. The smallest absolute Gasteiger partial charge is 0.168 e. The molecule has 5 heteroatoms. The van der Waals surface area contributed by atoms with Crippen LogP contribution in [0.1, 0.15) is 5.56 Å². The Morgan fingerprint density at radius 3 is 2.25 bits per heavy atom. The summed E-state index contributed by atoms with van der Waals surface area (Å²) in [5.41, 5.74) is 6.41. The molecule has 4 fully saturated rings. The van der Waals surface area contributed by atoms with E-state index in [1.54, 1.807) is 0 Å². The molecule has 0 radical (unpaired) electrons. The van der Waals surface area contributed by atoms with Crippen LogP contribution in [0, 0.1) is 0 Å². The van der Waals surface area contributed by atoms with E-state index in [1.165, 1.54) is 0 Å². The van der Waals surface area contributed by atoms with Crippen molar-refractivity contribution in [3.63, 3.8) is 0 Å². The standard InChI is InChI=1S/C15H18BrN3O/c16-12-4-2-1-3-11(12)14-7-18-5-6-19(8-14)10-15(17,9-18)13(14)20/h1-4H,5-10,17H2. The number of fused-ring (bicyclic) bond motifs is 1. The fourth-order valence-electron chi connectivity index (χ4n) is 4.28. The third-order valence-corrected chi connectivity index (χ3v) is 5.70. The van der Waals surface area contributed by atoms with Crippen LogP contribution in [0.4, 0.5) is 0 Å². The van der Waals surface area contributed by atoms with Crippen molar-refractivity contribution in [3.8, 4) is 0 Å². The molecule has 0 saturated carbocycles. The number of nitrogens with two attached hydrogens (primary N) is 1. The minimum Gasteiger partial charge on any atom is -0.317 e. The molecule has 1 aromatic carbocycles. The largest absolute Gasteiger partial charge is 0.317 e. The molecule has 1 aromatic rings. The van der Waals surface area contributed by atoms with E-state index in [1.807, 2.05) is 18.2 Å². The van der Waals surface area contributed by atoms with Crippen LogP contribution in [0.25, 0.3) is 0 Å². The Bertz CT molecular complexity index is 572. The second-order valence-corrected chi connectivity index (χ2v) is 7.32. The number of benzene rings is 1. The Labute approximate surface area is 127 Å². The number of ketones is 1. The maximum atomic E-state index is 13.1. The first kappa shape index (κ1) is 13.0. The number of rotatable bonds is 1. The number of hydrogen-bond donors (Lipinski definition) is 1. The van der Waals surface area contributed by atoms with Gasteiger partial charge in [-0.15, -0.1) is 0 Å². The fraction of sp³-hybridized carbons (Fsp3) is 0.533. The molecule has 4 saturated heterocycles. The van der Waals surface area contributed by atoms with E-state index in [2.05, 4.69) is 31.8 Å². The lowest BCUT2D eigenvalue weighted by molar-refractivity contribution is -0.140. The van der Waals surface area contributed by atoms with Crippen LogP contribution < -0.4 is 5.73 Å². The molecule has 20 heavy (non-hydrogen) atoms. The monoisotopic (exact) mass is 335 g/mol. The van der Waals surface area contributed by atoms with Gasteiger partial charge in [0, 0.05) is 43.7 Å². The number of hydrogen-bond acceptors (Lipinski definition) is 4. The molecule has 0 aliphatic carbocycles. The average Bonchev–Trinajstić information content (AvgIpc) is 2.63. The Balaban J connectivity index is 1.92. The number of carbonyl (C=O) groups excluding carboxylic acids is 1. The molecule has 4 bridgehead atoms. The molecule has 2 unspecified atom stereocenters. The third-order valence-electron chi connectivity index (χ3n) is 5.01. The van der Waals surface area contributed by atoms with Gasteiger partial charge < -0.3 is 5.73 Å². The van der Waals surface area contributed by atoms with E-state index in [0.29, 0.717) is 13.1 Å². The zero-order chi connectivity index (χ0) is 14.0. The van der Waals surface area contributed by atoms with Crippen LogP contribution >= 0.6 is 15.9 Å². The summed E-state index contributed by atoms with van der Waals surface area (Å²) in [7, 11) is 0. The van der Waals surface area contributed by atoms with Crippen molar-refractivity contribution in [3.05, 3.63) is 34.3 Å². The normalized spacial score (nSPS) is 42.8. The molecule has 5 rings (SSSR count). The van der Waals surface area contributed by atoms with Crippen LogP contribution in [-0.2, 0) is 10.2 Å². The van der Waals surface area contributed by atoms with Crippen LogP contribution in [-0.4, -0.2) is 60.4 Å². The van der Waals surface area contributed by atoms with Crippen molar-refractivity contribution in [2.45, 2.75) is 11.0 Å². The Kier molecular flexibility index (Phi) is 2.68. The van der Waals surface area contributed by atoms with Crippen molar-refractivity contribution in [1.82, 2.24) is 9.80 Å². The first-order chi connectivity index (χ1) is 9.53. The fourth-order valence-corrected chi connectivity index (χ4v) is 4.94. The highest BCUT2D eigenvalue weighted by Gasteiger charge is 2.60. The lowest BCUT2D eigenvalue weighted by Gasteiger charge is -2.53. The van der Waals surface area contributed by atoms with Gasteiger partial charge in [0.05, 0.1) is 5.41 Å². The van der Waals surface area contributed by atoms with Gasteiger partial charge in [0.25, 0.3) is 0 Å². The SMILES string of the molecule is NC12CN3CCN(C1)CC(c1ccccc1Br)(C3)C2=O. The number of carbonyl (C=O) groups is 1. The molecule has 2 N–H and O–H groups in total. The van der Waals surface area contributed by atoms with E-state index in [4.69, 9.17) is 5.73 Å². The average molecular weight is 336 g/mol. The predicted octanol–water partition coefficient (Wildman–Crippen LogP) is 0.598. The van der Waals surface area contributed by atoms with Crippen molar-refractivity contribution in [2.75, 3.05) is 39.3 Å². The van der Waals surface area contributed by atoms with E-state index < -0.39 is 11.0 Å². The maximum Gasteiger partial charge on any atom is 0.168 e. The van der Waals surface area contributed by atoms with Crippen LogP contribution in [0.5, 0.6) is 0 Å². The van der Waals surface area contributed by atoms with Crippen molar-refractivity contribution in [1.29, 1.82) is 0 Å². The summed E-state index contributed by atoms with van der Waals surface area (Å²) >= 11 is 3.63. The Morgan fingerprint density at radius 2 is 1.65 bits per heavy atom. The lowest BCUT2D eigenvalue weighted by Crippen LogP contribution is -2.76. The minimum atomic E-state index is -0.706. The van der Waals surface area contributed by atoms with Crippen LogP contribution in [0.3, 0.4) is 0 Å². The van der Waals surface area contributed by atoms with Gasteiger partial charge in [-0.3, -0.25) is 14.6 Å². The molecule has 0 spiro atoms. The molecule has 2 atom stereocenters.